The van der Waals surface area contributed by atoms with Gasteiger partial charge in [-0.1, -0.05) is 0 Å². The van der Waals surface area contributed by atoms with Crippen molar-refractivity contribution in [2.75, 3.05) is 18.4 Å². The fraction of sp³-hybridized carbons (Fsp3) is 0.529. The van der Waals surface area contributed by atoms with Gasteiger partial charge in [-0.2, -0.15) is 0 Å². The molecule has 1 fully saturated rings. The van der Waals surface area contributed by atoms with E-state index in [0.29, 0.717) is 17.9 Å². The molecule has 2 rings (SSSR count). The number of anilines is 1. The molecule has 0 aliphatic carbocycles. The van der Waals surface area contributed by atoms with Crippen molar-refractivity contribution in [1.29, 1.82) is 0 Å². The summed E-state index contributed by atoms with van der Waals surface area (Å²) in [4.78, 5) is 24.0. The highest BCUT2D eigenvalue weighted by Gasteiger charge is 2.18. The Morgan fingerprint density at radius 3 is 2.45 bits per heavy atom. The van der Waals surface area contributed by atoms with Crippen molar-refractivity contribution in [3.8, 4) is 0 Å². The molecular weight excluding hydrogens is 278 g/mol. The first kappa shape index (κ1) is 16.5. The van der Waals surface area contributed by atoms with Gasteiger partial charge in [0.1, 0.15) is 0 Å². The molecule has 1 heterocycles. The molecule has 1 unspecified atom stereocenters. The first-order chi connectivity index (χ1) is 10.3. The van der Waals surface area contributed by atoms with Crippen molar-refractivity contribution in [2.45, 2.75) is 39.2 Å². The van der Waals surface area contributed by atoms with Crippen molar-refractivity contribution < 1.29 is 9.59 Å². The molecule has 0 radical (unpaired) electrons. The van der Waals surface area contributed by atoms with Crippen LogP contribution in [0.25, 0.3) is 0 Å². The zero-order chi connectivity index (χ0) is 16.2. The molecule has 0 bridgehead atoms. The van der Waals surface area contributed by atoms with Gasteiger partial charge in [0, 0.05) is 23.2 Å². The molecule has 3 N–H and O–H groups in total. The second kappa shape index (κ2) is 6.92. The molecule has 5 heteroatoms. The third-order valence-electron chi connectivity index (χ3n) is 3.56. The molecule has 1 aliphatic heterocycles. The van der Waals surface area contributed by atoms with Crippen molar-refractivity contribution in [3.63, 3.8) is 0 Å². The minimum Gasteiger partial charge on any atom is -0.347 e. The summed E-state index contributed by atoms with van der Waals surface area (Å²) >= 11 is 0. The monoisotopic (exact) mass is 303 g/mol. The average molecular weight is 303 g/mol. The zero-order valence-electron chi connectivity index (χ0n) is 13.5. The molecule has 0 aromatic heterocycles. The summed E-state index contributed by atoms with van der Waals surface area (Å²) in [5.74, 6) is 0.347. The number of benzene rings is 1. The minimum atomic E-state index is -0.265. The van der Waals surface area contributed by atoms with Crippen LogP contribution >= 0.6 is 0 Å². The molecule has 0 saturated carbocycles. The molecular formula is C17H25N3O2. The molecule has 1 aromatic rings. The number of hydrogen-bond donors (Lipinski definition) is 3. The Morgan fingerprint density at radius 2 is 1.91 bits per heavy atom. The summed E-state index contributed by atoms with van der Waals surface area (Å²) in [6.45, 7) is 7.74. The number of hydrogen-bond acceptors (Lipinski definition) is 3. The lowest BCUT2D eigenvalue weighted by molar-refractivity contribution is -0.116. The van der Waals surface area contributed by atoms with Crippen LogP contribution in [0.2, 0.25) is 0 Å². The lowest BCUT2D eigenvalue weighted by atomic mass is 10.0. The lowest BCUT2D eigenvalue weighted by Gasteiger charge is -2.20. The van der Waals surface area contributed by atoms with Gasteiger partial charge >= 0.3 is 0 Å². The molecule has 120 valence electrons. The van der Waals surface area contributed by atoms with Gasteiger partial charge in [-0.15, -0.1) is 0 Å². The van der Waals surface area contributed by atoms with E-state index in [9.17, 15) is 9.59 Å². The van der Waals surface area contributed by atoms with Gasteiger partial charge in [-0.25, -0.2) is 0 Å². The van der Waals surface area contributed by atoms with Gasteiger partial charge in [0.25, 0.3) is 5.91 Å². The van der Waals surface area contributed by atoms with Gasteiger partial charge < -0.3 is 16.0 Å². The van der Waals surface area contributed by atoms with Crippen molar-refractivity contribution in [2.24, 2.45) is 5.92 Å². The second-order valence-electron chi connectivity index (χ2n) is 6.89. The van der Waals surface area contributed by atoms with Gasteiger partial charge in [-0.05, 0) is 70.5 Å². The van der Waals surface area contributed by atoms with E-state index in [1.165, 1.54) is 0 Å². The molecule has 1 aliphatic rings. The Bertz CT molecular complexity index is 526. The summed E-state index contributed by atoms with van der Waals surface area (Å²) in [5, 5.41) is 9.05. The first-order valence-corrected chi connectivity index (χ1v) is 7.77. The highest BCUT2D eigenvalue weighted by molar-refractivity contribution is 5.96. The van der Waals surface area contributed by atoms with E-state index in [1.54, 1.807) is 24.3 Å². The summed E-state index contributed by atoms with van der Waals surface area (Å²) in [6.07, 6.45) is 1.60. The normalized spacial score (nSPS) is 18.0. The summed E-state index contributed by atoms with van der Waals surface area (Å²) < 4.78 is 0. The molecule has 0 spiro atoms. The Hall–Kier alpha value is -1.88. The fourth-order valence-electron chi connectivity index (χ4n) is 2.48. The number of carbonyl (C=O) groups is 2. The largest absolute Gasteiger partial charge is 0.347 e. The second-order valence-corrected chi connectivity index (χ2v) is 6.89. The highest BCUT2D eigenvalue weighted by Crippen LogP contribution is 2.15. The van der Waals surface area contributed by atoms with E-state index in [2.05, 4.69) is 16.0 Å². The van der Waals surface area contributed by atoms with E-state index in [4.69, 9.17) is 0 Å². The standard InChI is InChI=1S/C17H25N3O2/c1-17(2,3)20-16(22)13-4-6-14(7-5-13)19-15(21)10-12-8-9-18-11-12/h4-7,12,18H,8-11H2,1-3H3,(H,19,21)(H,20,22). The zero-order valence-corrected chi connectivity index (χ0v) is 13.5. The van der Waals surface area contributed by atoms with Crippen LogP contribution in [0.5, 0.6) is 0 Å². The smallest absolute Gasteiger partial charge is 0.251 e. The maximum atomic E-state index is 12.0. The molecule has 1 aromatic carbocycles. The van der Waals surface area contributed by atoms with Crippen LogP contribution in [-0.4, -0.2) is 30.4 Å². The van der Waals surface area contributed by atoms with E-state index >= 15 is 0 Å². The Morgan fingerprint density at radius 1 is 1.23 bits per heavy atom. The minimum absolute atomic E-state index is 0.0283. The van der Waals surface area contributed by atoms with E-state index in [0.717, 1.165) is 25.2 Å². The number of carbonyl (C=O) groups excluding carboxylic acids is 2. The lowest BCUT2D eigenvalue weighted by Crippen LogP contribution is -2.40. The summed E-state index contributed by atoms with van der Waals surface area (Å²) in [7, 11) is 0. The topological polar surface area (TPSA) is 70.2 Å². The van der Waals surface area contributed by atoms with Crippen molar-refractivity contribution >= 4 is 17.5 Å². The Kier molecular flexibility index (Phi) is 5.19. The number of amides is 2. The average Bonchev–Trinajstić information content (AvgIpc) is 2.90. The molecule has 1 saturated heterocycles. The van der Waals surface area contributed by atoms with Crippen LogP contribution in [0.15, 0.2) is 24.3 Å². The van der Waals surface area contributed by atoms with Gasteiger partial charge in [-0.3, -0.25) is 9.59 Å². The molecule has 5 nitrogen and oxygen atoms in total. The van der Waals surface area contributed by atoms with E-state index in [1.807, 2.05) is 20.8 Å². The first-order valence-electron chi connectivity index (χ1n) is 7.77. The summed E-state index contributed by atoms with van der Waals surface area (Å²) in [5.41, 5.74) is 1.05. The Labute approximate surface area is 131 Å². The maximum Gasteiger partial charge on any atom is 0.251 e. The molecule has 1 atom stereocenters. The third kappa shape index (κ3) is 5.15. The van der Waals surface area contributed by atoms with Crippen molar-refractivity contribution in [3.05, 3.63) is 29.8 Å². The highest BCUT2D eigenvalue weighted by atomic mass is 16.2. The van der Waals surface area contributed by atoms with E-state index in [-0.39, 0.29) is 17.4 Å². The van der Waals surface area contributed by atoms with Crippen LogP contribution in [0.3, 0.4) is 0 Å². The van der Waals surface area contributed by atoms with Crippen LogP contribution < -0.4 is 16.0 Å². The van der Waals surface area contributed by atoms with Crippen LogP contribution in [0.1, 0.15) is 44.0 Å². The third-order valence-corrected chi connectivity index (χ3v) is 3.56. The van der Waals surface area contributed by atoms with Crippen LogP contribution in [0, 0.1) is 5.92 Å². The van der Waals surface area contributed by atoms with Gasteiger partial charge in [0.15, 0.2) is 0 Å². The van der Waals surface area contributed by atoms with Gasteiger partial charge in [0.05, 0.1) is 0 Å². The summed E-state index contributed by atoms with van der Waals surface area (Å²) in [6, 6.07) is 6.99. The van der Waals surface area contributed by atoms with Gasteiger partial charge in [0.2, 0.25) is 5.91 Å². The quantitative estimate of drug-likeness (QED) is 0.798. The number of nitrogens with one attached hydrogen (secondary N) is 3. The van der Waals surface area contributed by atoms with Crippen LogP contribution in [-0.2, 0) is 4.79 Å². The maximum absolute atomic E-state index is 12.0. The van der Waals surface area contributed by atoms with E-state index < -0.39 is 0 Å². The predicted octanol–water partition coefficient (Wildman–Crippen LogP) is 2.15. The number of rotatable bonds is 4. The molecule has 22 heavy (non-hydrogen) atoms. The predicted molar refractivity (Wildman–Crippen MR) is 87.9 cm³/mol. The van der Waals surface area contributed by atoms with Crippen molar-refractivity contribution in [1.82, 2.24) is 10.6 Å². The Balaban J connectivity index is 1.88. The van der Waals surface area contributed by atoms with Crippen LogP contribution in [0.4, 0.5) is 5.69 Å². The molecule has 2 amide bonds. The SMILES string of the molecule is CC(C)(C)NC(=O)c1ccc(NC(=O)CC2CCNC2)cc1. The fourth-order valence-corrected chi connectivity index (χ4v) is 2.48.